The molecule has 3 fully saturated rings. The van der Waals surface area contributed by atoms with Crippen LogP contribution in [0.4, 0.5) is 5.69 Å². The van der Waals surface area contributed by atoms with Crippen LogP contribution in [0.25, 0.3) is 0 Å². The van der Waals surface area contributed by atoms with Crippen LogP contribution >= 0.6 is 11.6 Å². The van der Waals surface area contributed by atoms with Crippen LogP contribution in [0.2, 0.25) is 0 Å². The van der Waals surface area contributed by atoms with Crippen LogP contribution in [0.1, 0.15) is 43.0 Å². The van der Waals surface area contributed by atoms with Gasteiger partial charge in [0.1, 0.15) is 30.5 Å². The number of carbonyl (C=O) groups excluding carboxylic acids is 4. The molecule has 2 saturated heterocycles. The lowest BCUT2D eigenvalue weighted by atomic mass is 9.78. The van der Waals surface area contributed by atoms with E-state index in [0.29, 0.717) is 22.9 Å². The summed E-state index contributed by atoms with van der Waals surface area (Å²) in [5.41, 5.74) is 0.823. The highest BCUT2D eigenvalue weighted by Crippen LogP contribution is 2.35. The van der Waals surface area contributed by atoms with Gasteiger partial charge in [0, 0.05) is 12.1 Å². The second-order valence-corrected chi connectivity index (χ2v) is 10.3. The molecule has 34 heavy (non-hydrogen) atoms. The molecule has 2 N–H and O–H groups in total. The molecule has 4 atom stereocenters. The number of carbonyl (C=O) groups is 4. The summed E-state index contributed by atoms with van der Waals surface area (Å²) in [5, 5.41) is 5.18. The molecule has 1 aliphatic carbocycles. The highest BCUT2D eigenvalue weighted by molar-refractivity contribution is 6.22. The van der Waals surface area contributed by atoms with E-state index in [0.717, 1.165) is 25.7 Å². The summed E-state index contributed by atoms with van der Waals surface area (Å²) in [6.45, 7) is 2.23. The number of benzene rings is 1. The average Bonchev–Trinajstić information content (AvgIpc) is 3.37. The maximum absolute atomic E-state index is 13.8. The van der Waals surface area contributed by atoms with E-state index in [9.17, 15) is 19.2 Å². The van der Waals surface area contributed by atoms with Gasteiger partial charge in [-0.15, -0.1) is 11.6 Å². The highest BCUT2D eigenvalue weighted by Gasteiger charge is 2.53. The minimum Gasteiger partial charge on any atom is -0.482 e. The van der Waals surface area contributed by atoms with Gasteiger partial charge in [-0.1, -0.05) is 19.8 Å². The predicted molar refractivity (Wildman–Crippen MR) is 123 cm³/mol. The molecule has 3 amide bonds. The number of nitrogens with zero attached hydrogens (tertiary/aromatic N) is 1. The zero-order chi connectivity index (χ0) is 24.0. The zero-order valence-electron chi connectivity index (χ0n) is 18.9. The topological polar surface area (TPSA) is 114 Å². The molecule has 0 radical (unpaired) electrons. The molecule has 9 nitrogen and oxygen atoms in total. The fraction of sp³-hybridized carbons (Fsp3) is 0.583. The van der Waals surface area contributed by atoms with Gasteiger partial charge < -0.3 is 25.0 Å². The van der Waals surface area contributed by atoms with Gasteiger partial charge >= 0.3 is 0 Å². The highest BCUT2D eigenvalue weighted by atomic mass is 35.5. The largest absolute Gasteiger partial charge is 0.482 e. The molecular formula is C24H28ClN3O6. The lowest BCUT2D eigenvalue weighted by molar-refractivity contribution is -0.139. The van der Waals surface area contributed by atoms with Crippen molar-refractivity contribution >= 4 is 40.8 Å². The summed E-state index contributed by atoms with van der Waals surface area (Å²) in [4.78, 5) is 52.5. The fourth-order valence-electron chi connectivity index (χ4n) is 5.44. The minimum atomic E-state index is -0.771. The van der Waals surface area contributed by atoms with Crippen LogP contribution in [-0.2, 0) is 19.1 Å². The number of anilines is 1. The summed E-state index contributed by atoms with van der Waals surface area (Å²) in [6, 6.07) is 3.29. The molecule has 1 aromatic rings. The average molecular weight is 490 g/mol. The SMILES string of the molecule is CC1CCC(C(NC(=O)c2ccc3c(c2)OCC(=O)N3)C(=O)N2C[C@H](Cl)[C@H]3OCC(=O)[C@H]32)CC1. The quantitative estimate of drug-likeness (QED) is 0.622. The summed E-state index contributed by atoms with van der Waals surface area (Å²) >= 11 is 6.40. The maximum atomic E-state index is 13.8. The maximum Gasteiger partial charge on any atom is 0.262 e. The molecule has 5 rings (SSSR count). The van der Waals surface area contributed by atoms with Gasteiger partial charge in [0.25, 0.3) is 11.8 Å². The van der Waals surface area contributed by atoms with E-state index in [4.69, 9.17) is 21.1 Å². The van der Waals surface area contributed by atoms with E-state index in [2.05, 4.69) is 17.6 Å². The Hall–Kier alpha value is -2.65. The number of fused-ring (bicyclic) bond motifs is 2. The van der Waals surface area contributed by atoms with Crippen molar-refractivity contribution in [2.24, 2.45) is 11.8 Å². The van der Waals surface area contributed by atoms with Crippen LogP contribution in [0.3, 0.4) is 0 Å². The van der Waals surface area contributed by atoms with Crippen molar-refractivity contribution in [1.82, 2.24) is 10.2 Å². The van der Waals surface area contributed by atoms with E-state index in [-0.39, 0.29) is 43.3 Å². The Morgan fingerprint density at radius 1 is 1.18 bits per heavy atom. The van der Waals surface area contributed by atoms with E-state index in [1.165, 1.54) is 4.90 Å². The molecule has 10 heteroatoms. The number of hydrogen-bond acceptors (Lipinski definition) is 6. The van der Waals surface area contributed by atoms with Crippen LogP contribution < -0.4 is 15.4 Å². The van der Waals surface area contributed by atoms with Gasteiger partial charge in [-0.05, 0) is 42.9 Å². The smallest absolute Gasteiger partial charge is 0.262 e. The van der Waals surface area contributed by atoms with Gasteiger partial charge in [-0.2, -0.15) is 0 Å². The third kappa shape index (κ3) is 4.27. The summed E-state index contributed by atoms with van der Waals surface area (Å²) < 4.78 is 11.0. The van der Waals surface area contributed by atoms with Crippen molar-refractivity contribution < 1.29 is 28.7 Å². The molecule has 3 aliphatic heterocycles. The van der Waals surface area contributed by atoms with E-state index in [1.54, 1.807) is 18.2 Å². The second kappa shape index (κ2) is 9.19. The van der Waals surface area contributed by atoms with Crippen LogP contribution in [-0.4, -0.2) is 71.7 Å². The first-order valence-corrected chi connectivity index (χ1v) is 12.2. The summed E-state index contributed by atoms with van der Waals surface area (Å²) in [6.07, 6.45) is 3.07. The number of amides is 3. The third-order valence-electron chi connectivity index (χ3n) is 7.37. The van der Waals surface area contributed by atoms with Crippen molar-refractivity contribution in [3.63, 3.8) is 0 Å². The van der Waals surface area contributed by atoms with Gasteiger partial charge in [0.15, 0.2) is 12.4 Å². The molecular weight excluding hydrogens is 462 g/mol. The normalized spacial score (nSPS) is 31.2. The Labute approximate surface area is 202 Å². The third-order valence-corrected chi connectivity index (χ3v) is 7.75. The number of hydrogen-bond donors (Lipinski definition) is 2. The van der Waals surface area contributed by atoms with Crippen molar-refractivity contribution in [3.8, 4) is 5.75 Å². The Morgan fingerprint density at radius 2 is 1.94 bits per heavy atom. The zero-order valence-corrected chi connectivity index (χ0v) is 19.7. The molecule has 3 heterocycles. The van der Waals surface area contributed by atoms with Crippen molar-refractivity contribution in [2.75, 3.05) is 25.1 Å². The van der Waals surface area contributed by atoms with Crippen molar-refractivity contribution in [2.45, 2.75) is 56.2 Å². The van der Waals surface area contributed by atoms with Gasteiger partial charge in [-0.25, -0.2) is 0 Å². The number of Topliss-reactive ketones (excluding diaryl/α,β-unsaturated/α-hetero) is 1. The Balaban J connectivity index is 1.38. The van der Waals surface area contributed by atoms with E-state index in [1.807, 2.05) is 0 Å². The second-order valence-electron chi connectivity index (χ2n) is 9.71. The molecule has 4 aliphatic rings. The first-order chi connectivity index (χ1) is 16.3. The Bertz CT molecular complexity index is 1020. The van der Waals surface area contributed by atoms with Crippen LogP contribution in [0.5, 0.6) is 5.75 Å². The molecule has 1 aromatic carbocycles. The number of ketones is 1. The van der Waals surface area contributed by atoms with Gasteiger partial charge in [0.2, 0.25) is 5.91 Å². The standard InChI is InChI=1S/C24H28ClN3O6/c1-12-2-4-13(5-3-12)20(24(32)28-9-15(25)22-21(28)17(29)10-34-22)27-23(31)14-6-7-16-18(8-14)33-11-19(30)26-16/h6-8,12-13,15,20-22H,2-5,9-11H2,1H3,(H,26,30)(H,27,31)/t12?,13?,15-,20?,21+,22+/m0/s1. The number of halogens is 1. The molecule has 0 bridgehead atoms. The lowest BCUT2D eigenvalue weighted by Gasteiger charge is -2.35. The molecule has 1 unspecified atom stereocenters. The fourth-order valence-corrected chi connectivity index (χ4v) is 5.80. The monoisotopic (exact) mass is 489 g/mol. The predicted octanol–water partition coefficient (Wildman–Crippen LogP) is 1.73. The summed E-state index contributed by atoms with van der Waals surface area (Å²) in [7, 11) is 0. The summed E-state index contributed by atoms with van der Waals surface area (Å²) in [5.74, 6) is -0.164. The lowest BCUT2D eigenvalue weighted by Crippen LogP contribution is -2.55. The molecule has 182 valence electrons. The first-order valence-electron chi connectivity index (χ1n) is 11.8. The Kier molecular flexibility index (Phi) is 6.24. The van der Waals surface area contributed by atoms with Crippen LogP contribution in [0, 0.1) is 11.8 Å². The minimum absolute atomic E-state index is 0.0361. The van der Waals surface area contributed by atoms with Crippen molar-refractivity contribution in [1.29, 1.82) is 0 Å². The van der Waals surface area contributed by atoms with Crippen molar-refractivity contribution in [3.05, 3.63) is 23.8 Å². The number of ether oxygens (including phenoxy) is 2. The number of nitrogens with one attached hydrogen (secondary N) is 2. The molecule has 0 aromatic heterocycles. The number of rotatable bonds is 4. The Morgan fingerprint density at radius 3 is 2.71 bits per heavy atom. The van der Waals surface area contributed by atoms with Gasteiger partial charge in [-0.3, -0.25) is 19.2 Å². The van der Waals surface area contributed by atoms with Crippen LogP contribution in [0.15, 0.2) is 18.2 Å². The van der Waals surface area contributed by atoms with E-state index >= 15 is 0 Å². The number of likely N-dealkylation sites (tertiary alicyclic amines) is 1. The molecule has 0 spiro atoms. The number of alkyl halides is 1. The van der Waals surface area contributed by atoms with E-state index < -0.39 is 29.5 Å². The van der Waals surface area contributed by atoms with Gasteiger partial charge in [0.05, 0.1) is 11.1 Å². The first kappa shape index (κ1) is 23.1. The molecule has 1 saturated carbocycles.